The van der Waals surface area contributed by atoms with Crippen molar-refractivity contribution < 1.29 is 9.50 Å². The van der Waals surface area contributed by atoms with Gasteiger partial charge in [-0.2, -0.15) is 0 Å². The summed E-state index contributed by atoms with van der Waals surface area (Å²) in [6.07, 6.45) is -0.619. The third-order valence-corrected chi connectivity index (χ3v) is 2.83. The zero-order valence-corrected chi connectivity index (χ0v) is 8.64. The molecule has 0 aliphatic carbocycles. The highest BCUT2D eigenvalue weighted by Gasteiger charge is 2.23. The van der Waals surface area contributed by atoms with Gasteiger partial charge in [0.25, 0.3) is 0 Å². The molecule has 0 amide bonds. The lowest BCUT2D eigenvalue weighted by Crippen LogP contribution is -2.26. The smallest absolute Gasteiger partial charge is 0.114 e. The van der Waals surface area contributed by atoms with Crippen LogP contribution in [-0.4, -0.2) is 35.8 Å². The van der Waals surface area contributed by atoms with Crippen molar-refractivity contribution in [1.29, 1.82) is 0 Å². The molecular weight excluding hydrogens is 193 g/mol. The van der Waals surface area contributed by atoms with Crippen LogP contribution in [0.2, 0.25) is 0 Å². The summed E-state index contributed by atoms with van der Waals surface area (Å²) >= 11 is 0. The van der Waals surface area contributed by atoms with E-state index in [1.54, 1.807) is 0 Å². The Kier molecular flexibility index (Phi) is 3.34. The molecule has 1 aliphatic heterocycles. The van der Waals surface area contributed by atoms with Crippen LogP contribution in [0.25, 0.3) is 0 Å². The Morgan fingerprint density at radius 1 is 1.40 bits per heavy atom. The van der Waals surface area contributed by atoms with Crippen molar-refractivity contribution in [2.24, 2.45) is 0 Å². The Hall–Kier alpha value is -0.930. The Bertz CT molecular complexity index is 304. The average molecular weight is 209 g/mol. The maximum absolute atomic E-state index is 12.9. The van der Waals surface area contributed by atoms with Crippen molar-refractivity contribution in [2.75, 3.05) is 19.6 Å². The van der Waals surface area contributed by atoms with Crippen LogP contribution in [0.1, 0.15) is 18.1 Å². The van der Waals surface area contributed by atoms with Gasteiger partial charge in [0.1, 0.15) is 6.17 Å². The van der Waals surface area contributed by atoms with Crippen LogP contribution in [-0.2, 0) is 0 Å². The zero-order valence-electron chi connectivity index (χ0n) is 8.64. The first-order valence-electron chi connectivity index (χ1n) is 5.35. The number of rotatable bonds is 3. The maximum Gasteiger partial charge on any atom is 0.114 e. The summed E-state index contributed by atoms with van der Waals surface area (Å²) in [5, 5.41) is 9.90. The number of β-amino-alcohol motifs (C(OH)–C–C–N with tert-alkyl or cyclic N) is 1. The molecule has 82 valence electrons. The highest BCUT2D eigenvalue weighted by Crippen LogP contribution is 2.18. The van der Waals surface area contributed by atoms with E-state index in [9.17, 15) is 9.50 Å². The largest absolute Gasteiger partial charge is 0.387 e. The Balaban J connectivity index is 1.90. The van der Waals surface area contributed by atoms with Gasteiger partial charge in [0, 0.05) is 19.6 Å². The Morgan fingerprint density at radius 3 is 2.73 bits per heavy atom. The molecule has 1 saturated heterocycles. The number of alkyl halides is 1. The molecule has 1 unspecified atom stereocenters. The number of aliphatic hydroxyl groups is 1. The average Bonchev–Trinajstić information content (AvgIpc) is 2.65. The number of hydrogen-bond donors (Lipinski definition) is 1. The fraction of sp³-hybridized carbons (Fsp3) is 0.500. The summed E-state index contributed by atoms with van der Waals surface area (Å²) in [5.41, 5.74) is 0.903. The minimum Gasteiger partial charge on any atom is -0.387 e. The predicted molar refractivity (Wildman–Crippen MR) is 57.4 cm³/mol. The summed E-state index contributed by atoms with van der Waals surface area (Å²) in [4.78, 5) is 1.97. The van der Waals surface area contributed by atoms with Gasteiger partial charge in [0.2, 0.25) is 0 Å². The molecule has 1 heterocycles. The van der Waals surface area contributed by atoms with Crippen LogP contribution < -0.4 is 0 Å². The van der Waals surface area contributed by atoms with Crippen LogP contribution in [0.15, 0.2) is 30.3 Å². The highest BCUT2D eigenvalue weighted by atomic mass is 19.1. The van der Waals surface area contributed by atoms with Crippen LogP contribution in [0.5, 0.6) is 0 Å². The monoisotopic (exact) mass is 209 g/mol. The fourth-order valence-corrected chi connectivity index (χ4v) is 1.98. The van der Waals surface area contributed by atoms with E-state index in [-0.39, 0.29) is 0 Å². The van der Waals surface area contributed by atoms with E-state index < -0.39 is 12.3 Å². The van der Waals surface area contributed by atoms with Gasteiger partial charge >= 0.3 is 0 Å². The predicted octanol–water partition coefficient (Wildman–Crippen LogP) is 1.76. The second-order valence-corrected chi connectivity index (χ2v) is 4.07. The number of benzene rings is 1. The molecule has 2 atom stereocenters. The number of halogens is 1. The molecule has 1 aliphatic rings. The summed E-state index contributed by atoms with van der Waals surface area (Å²) < 4.78 is 12.9. The van der Waals surface area contributed by atoms with Crippen molar-refractivity contribution >= 4 is 0 Å². The van der Waals surface area contributed by atoms with Crippen molar-refractivity contribution in [1.82, 2.24) is 4.90 Å². The molecule has 3 heteroatoms. The van der Waals surface area contributed by atoms with E-state index in [2.05, 4.69) is 0 Å². The van der Waals surface area contributed by atoms with Crippen molar-refractivity contribution in [3.63, 3.8) is 0 Å². The van der Waals surface area contributed by atoms with E-state index in [4.69, 9.17) is 0 Å². The fourth-order valence-electron chi connectivity index (χ4n) is 1.98. The van der Waals surface area contributed by atoms with Gasteiger partial charge in [-0.1, -0.05) is 30.3 Å². The van der Waals surface area contributed by atoms with E-state index in [1.165, 1.54) is 0 Å². The number of aliphatic hydroxyl groups excluding tert-OH is 1. The molecule has 1 fully saturated rings. The molecule has 0 aromatic heterocycles. The summed E-state index contributed by atoms with van der Waals surface area (Å²) in [7, 11) is 0. The molecule has 0 spiro atoms. The first kappa shape index (κ1) is 10.6. The zero-order chi connectivity index (χ0) is 10.7. The van der Waals surface area contributed by atoms with E-state index >= 15 is 0 Å². The van der Waals surface area contributed by atoms with Crippen LogP contribution in [0.3, 0.4) is 0 Å². The quantitative estimate of drug-likeness (QED) is 0.820. The molecule has 2 rings (SSSR count). The first-order chi connectivity index (χ1) is 7.25. The molecule has 0 bridgehead atoms. The lowest BCUT2D eigenvalue weighted by atomic mass is 10.1. The first-order valence-corrected chi connectivity index (χ1v) is 5.35. The molecule has 1 aromatic rings. The minimum atomic E-state index is -0.715. The molecular formula is C12H16FNO. The Morgan fingerprint density at radius 2 is 2.13 bits per heavy atom. The van der Waals surface area contributed by atoms with Gasteiger partial charge in [-0.05, 0) is 12.0 Å². The van der Waals surface area contributed by atoms with Crippen LogP contribution >= 0.6 is 0 Å². The maximum atomic E-state index is 12.9. The lowest BCUT2D eigenvalue weighted by Gasteiger charge is -2.19. The second kappa shape index (κ2) is 4.73. The van der Waals surface area contributed by atoms with Gasteiger partial charge < -0.3 is 5.11 Å². The topological polar surface area (TPSA) is 23.5 Å². The normalized spacial score (nSPS) is 24.3. The van der Waals surface area contributed by atoms with Crippen molar-refractivity contribution in [3.05, 3.63) is 35.9 Å². The third-order valence-electron chi connectivity index (χ3n) is 2.83. The lowest BCUT2D eigenvalue weighted by molar-refractivity contribution is 0.122. The van der Waals surface area contributed by atoms with Crippen molar-refractivity contribution in [2.45, 2.75) is 18.7 Å². The standard InChI is InChI=1S/C12H16FNO/c13-11-6-7-14(8-11)9-12(15)10-4-2-1-3-5-10/h1-5,11-12,15H,6-9H2/t11-,12?/m0/s1. The van der Waals surface area contributed by atoms with Gasteiger partial charge in [0.05, 0.1) is 6.10 Å². The van der Waals surface area contributed by atoms with E-state index in [1.807, 2.05) is 35.2 Å². The Labute approximate surface area is 89.3 Å². The minimum absolute atomic E-state index is 0.462. The molecule has 2 nitrogen and oxygen atoms in total. The molecule has 1 aromatic carbocycles. The van der Waals surface area contributed by atoms with E-state index in [0.717, 1.165) is 12.1 Å². The van der Waals surface area contributed by atoms with Crippen molar-refractivity contribution in [3.8, 4) is 0 Å². The number of likely N-dealkylation sites (tertiary alicyclic amines) is 1. The van der Waals surface area contributed by atoms with Gasteiger partial charge in [-0.3, -0.25) is 4.90 Å². The van der Waals surface area contributed by atoms with Crippen LogP contribution in [0, 0.1) is 0 Å². The highest BCUT2D eigenvalue weighted by molar-refractivity contribution is 5.17. The van der Waals surface area contributed by atoms with Gasteiger partial charge in [-0.25, -0.2) is 4.39 Å². The van der Waals surface area contributed by atoms with Gasteiger partial charge in [-0.15, -0.1) is 0 Å². The number of nitrogens with zero attached hydrogens (tertiary/aromatic N) is 1. The van der Waals surface area contributed by atoms with Gasteiger partial charge in [0.15, 0.2) is 0 Å². The molecule has 15 heavy (non-hydrogen) atoms. The van der Waals surface area contributed by atoms with Crippen LogP contribution in [0.4, 0.5) is 4.39 Å². The summed E-state index contributed by atoms with van der Waals surface area (Å²) in [5.74, 6) is 0. The van der Waals surface area contributed by atoms with E-state index in [0.29, 0.717) is 19.5 Å². The molecule has 0 radical (unpaired) electrons. The summed E-state index contributed by atoms with van der Waals surface area (Å²) in [6, 6.07) is 9.52. The molecule has 1 N–H and O–H groups in total. The second-order valence-electron chi connectivity index (χ2n) is 4.07. The third kappa shape index (κ3) is 2.76. The summed E-state index contributed by atoms with van der Waals surface area (Å²) in [6.45, 7) is 1.75. The molecule has 0 saturated carbocycles. The SMILES string of the molecule is OC(CN1CC[C@H](F)C1)c1ccccc1. The number of hydrogen-bond acceptors (Lipinski definition) is 2.